The maximum absolute atomic E-state index is 5.99. The first kappa shape index (κ1) is 8.36. The number of hydrogen-bond donors (Lipinski definition) is 0. The number of rotatable bonds is 0. The van der Waals surface area contributed by atoms with Crippen LogP contribution in [0.1, 0.15) is 5.56 Å². The smallest absolute Gasteiger partial charge is 0.0970 e. The fourth-order valence-electron chi connectivity index (χ4n) is 1.18. The molecule has 2 aromatic rings. The highest BCUT2D eigenvalue weighted by Crippen LogP contribution is 2.38. The van der Waals surface area contributed by atoms with Gasteiger partial charge in [0.1, 0.15) is 0 Å². The van der Waals surface area contributed by atoms with Crippen LogP contribution in [0.2, 0.25) is 9.36 Å². The van der Waals surface area contributed by atoms with Crippen LogP contribution in [0, 0.1) is 6.92 Å². The lowest BCUT2D eigenvalue weighted by molar-refractivity contribution is 1.60. The molecule has 0 atom stereocenters. The highest BCUT2D eigenvalue weighted by molar-refractivity contribution is 7.23. The Bertz CT molecular complexity index is 431. The van der Waals surface area contributed by atoms with E-state index in [2.05, 4.69) is 0 Å². The van der Waals surface area contributed by atoms with E-state index in [1.807, 2.05) is 25.1 Å². The van der Waals surface area contributed by atoms with Gasteiger partial charge in [0.15, 0.2) is 0 Å². The number of aryl methyl sites for hydroxylation is 1. The topological polar surface area (TPSA) is 0 Å². The Hall–Kier alpha value is -0.240. The third kappa shape index (κ3) is 1.13. The van der Waals surface area contributed by atoms with Crippen LogP contribution >= 0.6 is 34.5 Å². The van der Waals surface area contributed by atoms with E-state index < -0.39 is 0 Å². The SMILES string of the molecule is Cc1c(Cl)sc2c(Cl)cccc12. The molecule has 2 rings (SSSR count). The summed E-state index contributed by atoms with van der Waals surface area (Å²) >= 11 is 13.5. The molecule has 0 nitrogen and oxygen atoms in total. The molecular weight excluding hydrogens is 211 g/mol. The standard InChI is InChI=1S/C9H6Cl2S/c1-5-6-3-2-4-7(10)8(6)12-9(5)11/h2-4H,1H3. The lowest BCUT2D eigenvalue weighted by Crippen LogP contribution is -1.68. The van der Waals surface area contributed by atoms with Gasteiger partial charge in [-0.1, -0.05) is 35.3 Å². The van der Waals surface area contributed by atoms with Gasteiger partial charge in [0, 0.05) is 0 Å². The minimum absolute atomic E-state index is 0.785. The van der Waals surface area contributed by atoms with E-state index in [0.717, 1.165) is 25.0 Å². The average molecular weight is 217 g/mol. The number of halogens is 2. The molecule has 0 bridgehead atoms. The van der Waals surface area contributed by atoms with Crippen molar-refractivity contribution in [2.45, 2.75) is 6.92 Å². The van der Waals surface area contributed by atoms with E-state index in [1.165, 1.54) is 11.3 Å². The zero-order valence-electron chi connectivity index (χ0n) is 6.40. The summed E-state index contributed by atoms with van der Waals surface area (Å²) in [5.41, 5.74) is 1.12. The molecule has 1 aromatic heterocycles. The Balaban J connectivity index is 2.95. The highest BCUT2D eigenvalue weighted by Gasteiger charge is 2.07. The molecule has 0 radical (unpaired) electrons. The Morgan fingerprint density at radius 1 is 1.25 bits per heavy atom. The summed E-state index contributed by atoms with van der Waals surface area (Å²) in [6.07, 6.45) is 0. The van der Waals surface area contributed by atoms with Crippen LogP contribution in [-0.4, -0.2) is 0 Å². The summed E-state index contributed by atoms with van der Waals surface area (Å²) in [5, 5.41) is 1.95. The van der Waals surface area contributed by atoms with Crippen LogP contribution in [0.5, 0.6) is 0 Å². The monoisotopic (exact) mass is 216 g/mol. The third-order valence-corrected chi connectivity index (χ3v) is 3.93. The molecule has 12 heavy (non-hydrogen) atoms. The molecule has 0 aliphatic heterocycles. The highest BCUT2D eigenvalue weighted by atomic mass is 35.5. The Kier molecular flexibility index (Phi) is 2.03. The molecule has 0 amide bonds. The van der Waals surface area contributed by atoms with E-state index in [4.69, 9.17) is 23.2 Å². The Labute approximate surface area is 84.7 Å². The van der Waals surface area contributed by atoms with Crippen LogP contribution < -0.4 is 0 Å². The fraction of sp³-hybridized carbons (Fsp3) is 0.111. The van der Waals surface area contributed by atoms with Crippen LogP contribution in [0.15, 0.2) is 18.2 Å². The predicted molar refractivity (Wildman–Crippen MR) is 56.6 cm³/mol. The van der Waals surface area contributed by atoms with Crippen LogP contribution in [0.3, 0.4) is 0 Å². The lowest BCUT2D eigenvalue weighted by Gasteiger charge is -1.91. The van der Waals surface area contributed by atoms with Crippen molar-refractivity contribution < 1.29 is 0 Å². The van der Waals surface area contributed by atoms with Gasteiger partial charge in [0.05, 0.1) is 14.1 Å². The summed E-state index contributed by atoms with van der Waals surface area (Å²) < 4.78 is 1.92. The quantitative estimate of drug-likeness (QED) is 0.608. The van der Waals surface area contributed by atoms with Gasteiger partial charge >= 0.3 is 0 Å². The second-order valence-corrected chi connectivity index (χ2v) is 4.65. The van der Waals surface area contributed by atoms with Gasteiger partial charge in [0.2, 0.25) is 0 Å². The fourth-order valence-corrected chi connectivity index (χ4v) is 2.74. The van der Waals surface area contributed by atoms with Crippen molar-refractivity contribution in [3.63, 3.8) is 0 Å². The average Bonchev–Trinajstić information content (AvgIpc) is 2.32. The van der Waals surface area contributed by atoms with Crippen molar-refractivity contribution in [3.8, 4) is 0 Å². The first-order valence-corrected chi connectivity index (χ1v) is 5.10. The van der Waals surface area contributed by atoms with Crippen LogP contribution in [0.25, 0.3) is 10.1 Å². The van der Waals surface area contributed by atoms with Gasteiger partial charge in [-0.05, 0) is 23.9 Å². The molecular formula is C9H6Cl2S. The number of hydrogen-bond acceptors (Lipinski definition) is 1. The van der Waals surface area contributed by atoms with Crippen molar-refractivity contribution in [2.75, 3.05) is 0 Å². The summed E-state index contributed by atoms with van der Waals surface area (Å²) in [7, 11) is 0. The minimum atomic E-state index is 0.785. The van der Waals surface area contributed by atoms with Gasteiger partial charge in [0.25, 0.3) is 0 Å². The molecule has 3 heteroatoms. The number of benzene rings is 1. The number of thiophene rings is 1. The number of fused-ring (bicyclic) bond motifs is 1. The van der Waals surface area contributed by atoms with Gasteiger partial charge in [-0.2, -0.15) is 0 Å². The molecule has 0 N–H and O–H groups in total. The molecule has 0 saturated heterocycles. The van der Waals surface area contributed by atoms with Gasteiger partial charge in [-0.25, -0.2) is 0 Å². The van der Waals surface area contributed by atoms with Crippen molar-refractivity contribution >= 4 is 44.6 Å². The lowest BCUT2D eigenvalue weighted by atomic mass is 10.2. The van der Waals surface area contributed by atoms with Gasteiger partial charge in [-0.3, -0.25) is 0 Å². The van der Waals surface area contributed by atoms with Crippen molar-refractivity contribution in [3.05, 3.63) is 33.1 Å². The van der Waals surface area contributed by atoms with E-state index in [1.54, 1.807) is 0 Å². The molecule has 0 fully saturated rings. The molecule has 0 spiro atoms. The predicted octanol–water partition coefficient (Wildman–Crippen LogP) is 4.52. The molecule has 62 valence electrons. The van der Waals surface area contributed by atoms with Crippen molar-refractivity contribution in [1.82, 2.24) is 0 Å². The molecule has 0 saturated carbocycles. The summed E-state index contributed by atoms with van der Waals surface area (Å²) in [6, 6.07) is 5.87. The second kappa shape index (κ2) is 2.91. The van der Waals surface area contributed by atoms with Crippen LogP contribution in [0.4, 0.5) is 0 Å². The summed E-state index contributed by atoms with van der Waals surface area (Å²) in [6.45, 7) is 2.01. The second-order valence-electron chi connectivity index (χ2n) is 2.62. The molecule has 1 heterocycles. The maximum Gasteiger partial charge on any atom is 0.0970 e. The van der Waals surface area contributed by atoms with E-state index in [0.29, 0.717) is 0 Å². The Morgan fingerprint density at radius 3 is 2.67 bits per heavy atom. The van der Waals surface area contributed by atoms with E-state index >= 15 is 0 Å². The summed E-state index contributed by atoms with van der Waals surface area (Å²) in [5.74, 6) is 0. The first-order valence-electron chi connectivity index (χ1n) is 3.53. The van der Waals surface area contributed by atoms with Crippen molar-refractivity contribution in [1.29, 1.82) is 0 Å². The van der Waals surface area contributed by atoms with E-state index in [-0.39, 0.29) is 0 Å². The molecule has 1 aromatic carbocycles. The largest absolute Gasteiger partial charge is 0.121 e. The summed E-state index contributed by atoms with van der Waals surface area (Å²) in [4.78, 5) is 0. The first-order chi connectivity index (χ1) is 5.70. The molecule has 0 aliphatic carbocycles. The Morgan fingerprint density at radius 2 is 2.00 bits per heavy atom. The van der Waals surface area contributed by atoms with E-state index in [9.17, 15) is 0 Å². The molecule has 0 unspecified atom stereocenters. The maximum atomic E-state index is 5.99. The zero-order valence-corrected chi connectivity index (χ0v) is 8.72. The molecule has 0 aliphatic rings. The minimum Gasteiger partial charge on any atom is -0.121 e. The van der Waals surface area contributed by atoms with Crippen LogP contribution in [-0.2, 0) is 0 Å². The zero-order chi connectivity index (χ0) is 8.72. The van der Waals surface area contributed by atoms with Gasteiger partial charge < -0.3 is 0 Å². The van der Waals surface area contributed by atoms with Gasteiger partial charge in [-0.15, -0.1) is 11.3 Å². The normalized spacial score (nSPS) is 10.9. The van der Waals surface area contributed by atoms with Crippen molar-refractivity contribution in [2.24, 2.45) is 0 Å². The third-order valence-electron chi connectivity index (χ3n) is 1.86.